The highest BCUT2D eigenvalue weighted by Gasteiger charge is 2.31. The Morgan fingerprint density at radius 1 is 1.26 bits per heavy atom. The van der Waals surface area contributed by atoms with Crippen molar-refractivity contribution in [1.82, 2.24) is 5.32 Å². The minimum atomic E-state index is 0.639. The SMILES string of the molecule is CCC(CC)C(C)NC1CC(c2cccc(Cl)c2)C1. The molecule has 0 aliphatic heterocycles. The van der Waals surface area contributed by atoms with Gasteiger partial charge in [-0.15, -0.1) is 0 Å². The first-order chi connectivity index (χ1) is 9.13. The summed E-state index contributed by atoms with van der Waals surface area (Å²) >= 11 is 6.05. The topological polar surface area (TPSA) is 12.0 Å². The minimum Gasteiger partial charge on any atom is -0.311 e. The second-order valence-electron chi connectivity index (χ2n) is 5.95. The number of hydrogen-bond acceptors (Lipinski definition) is 1. The molecule has 1 N–H and O–H groups in total. The molecule has 0 amide bonds. The molecule has 0 aromatic heterocycles. The Hall–Kier alpha value is -0.530. The van der Waals surface area contributed by atoms with Crippen molar-refractivity contribution in [3.05, 3.63) is 34.9 Å². The standard InChI is InChI=1S/C17H26ClN/c1-4-13(5-2)12(3)19-17-10-15(11-17)14-7-6-8-16(18)9-14/h6-9,12-13,15,17,19H,4-5,10-11H2,1-3H3. The van der Waals surface area contributed by atoms with Gasteiger partial charge in [-0.25, -0.2) is 0 Å². The van der Waals surface area contributed by atoms with Crippen LogP contribution in [-0.4, -0.2) is 12.1 Å². The summed E-state index contributed by atoms with van der Waals surface area (Å²) in [4.78, 5) is 0. The average molecular weight is 280 g/mol. The van der Waals surface area contributed by atoms with Crippen LogP contribution in [0.4, 0.5) is 0 Å². The van der Waals surface area contributed by atoms with Crippen molar-refractivity contribution >= 4 is 11.6 Å². The van der Waals surface area contributed by atoms with E-state index in [1.54, 1.807) is 0 Å². The number of halogens is 1. The fourth-order valence-electron chi connectivity index (χ4n) is 3.29. The zero-order chi connectivity index (χ0) is 13.8. The lowest BCUT2D eigenvalue weighted by molar-refractivity contribution is 0.232. The van der Waals surface area contributed by atoms with Gasteiger partial charge in [-0.2, -0.15) is 0 Å². The predicted molar refractivity (Wildman–Crippen MR) is 83.9 cm³/mol. The monoisotopic (exact) mass is 279 g/mol. The molecule has 1 nitrogen and oxygen atoms in total. The second kappa shape index (κ2) is 6.76. The molecule has 0 radical (unpaired) electrons. The Kier molecular flexibility index (Phi) is 5.29. The molecule has 1 aromatic carbocycles. The maximum Gasteiger partial charge on any atom is 0.0408 e. The van der Waals surface area contributed by atoms with Gasteiger partial charge in [0.1, 0.15) is 0 Å². The average Bonchev–Trinajstić information content (AvgIpc) is 2.34. The van der Waals surface area contributed by atoms with E-state index in [1.165, 1.54) is 31.2 Å². The molecule has 1 aromatic rings. The molecule has 0 heterocycles. The normalized spacial score (nSPS) is 24.3. The summed E-state index contributed by atoms with van der Waals surface area (Å²) in [6, 6.07) is 9.67. The molecule has 0 spiro atoms. The summed E-state index contributed by atoms with van der Waals surface area (Å²) in [6.45, 7) is 6.92. The van der Waals surface area contributed by atoms with Gasteiger partial charge < -0.3 is 5.32 Å². The van der Waals surface area contributed by atoms with Crippen LogP contribution in [0, 0.1) is 5.92 Å². The van der Waals surface area contributed by atoms with E-state index in [0.717, 1.165) is 10.9 Å². The molecule has 1 fully saturated rings. The molecular formula is C17H26ClN. The molecular weight excluding hydrogens is 254 g/mol. The first-order valence-corrected chi connectivity index (χ1v) is 8.03. The molecule has 0 saturated heterocycles. The van der Waals surface area contributed by atoms with Crippen molar-refractivity contribution < 1.29 is 0 Å². The molecule has 0 bridgehead atoms. The van der Waals surface area contributed by atoms with Crippen molar-refractivity contribution in [3.8, 4) is 0 Å². The maximum atomic E-state index is 6.05. The first-order valence-electron chi connectivity index (χ1n) is 7.65. The molecule has 1 unspecified atom stereocenters. The minimum absolute atomic E-state index is 0.639. The van der Waals surface area contributed by atoms with Crippen LogP contribution in [0.3, 0.4) is 0 Å². The molecule has 106 valence electrons. The molecule has 1 aliphatic rings. The number of rotatable bonds is 6. The third-order valence-corrected chi connectivity index (χ3v) is 4.95. The third-order valence-electron chi connectivity index (χ3n) is 4.71. The van der Waals surface area contributed by atoms with Gasteiger partial charge in [0.05, 0.1) is 0 Å². The van der Waals surface area contributed by atoms with Crippen LogP contribution in [0.25, 0.3) is 0 Å². The van der Waals surface area contributed by atoms with Gasteiger partial charge in [-0.3, -0.25) is 0 Å². The van der Waals surface area contributed by atoms with E-state index in [9.17, 15) is 0 Å². The van der Waals surface area contributed by atoms with Crippen LogP contribution >= 0.6 is 11.6 Å². The van der Waals surface area contributed by atoms with E-state index in [1.807, 2.05) is 6.07 Å². The fraction of sp³-hybridized carbons (Fsp3) is 0.647. The Bertz CT molecular complexity index is 394. The smallest absolute Gasteiger partial charge is 0.0408 e. The van der Waals surface area contributed by atoms with Gasteiger partial charge in [0.2, 0.25) is 0 Å². The maximum absolute atomic E-state index is 6.05. The van der Waals surface area contributed by atoms with Crippen LogP contribution in [0.1, 0.15) is 57.9 Å². The van der Waals surface area contributed by atoms with Crippen LogP contribution in [0.2, 0.25) is 5.02 Å². The van der Waals surface area contributed by atoms with E-state index < -0.39 is 0 Å². The Morgan fingerprint density at radius 3 is 2.53 bits per heavy atom. The molecule has 1 aliphatic carbocycles. The lowest BCUT2D eigenvalue weighted by Gasteiger charge is -2.39. The molecule has 19 heavy (non-hydrogen) atoms. The van der Waals surface area contributed by atoms with E-state index in [0.29, 0.717) is 18.0 Å². The summed E-state index contributed by atoms with van der Waals surface area (Å²) < 4.78 is 0. The predicted octanol–water partition coefficient (Wildman–Crippen LogP) is 5.00. The fourth-order valence-corrected chi connectivity index (χ4v) is 3.49. The Labute approximate surface area is 122 Å². The summed E-state index contributed by atoms with van der Waals surface area (Å²) in [6.07, 6.45) is 5.06. The number of nitrogens with one attached hydrogen (secondary N) is 1. The summed E-state index contributed by atoms with van der Waals surface area (Å²) in [5.41, 5.74) is 1.40. The lowest BCUT2D eigenvalue weighted by atomic mass is 9.75. The van der Waals surface area contributed by atoms with Crippen molar-refractivity contribution in [2.75, 3.05) is 0 Å². The van der Waals surface area contributed by atoms with Gasteiger partial charge in [0.25, 0.3) is 0 Å². The van der Waals surface area contributed by atoms with Gasteiger partial charge in [0, 0.05) is 17.1 Å². The van der Waals surface area contributed by atoms with Crippen molar-refractivity contribution in [2.24, 2.45) is 5.92 Å². The van der Waals surface area contributed by atoms with Gasteiger partial charge in [-0.05, 0) is 49.3 Å². The zero-order valence-corrected chi connectivity index (χ0v) is 13.1. The largest absolute Gasteiger partial charge is 0.311 e. The van der Waals surface area contributed by atoms with E-state index in [2.05, 4.69) is 44.3 Å². The lowest BCUT2D eigenvalue weighted by Crippen LogP contribution is -2.47. The number of hydrogen-bond donors (Lipinski definition) is 1. The molecule has 1 atom stereocenters. The third kappa shape index (κ3) is 3.73. The summed E-state index contributed by atoms with van der Waals surface area (Å²) in [7, 11) is 0. The summed E-state index contributed by atoms with van der Waals surface area (Å²) in [5, 5.41) is 4.66. The molecule has 2 heteroatoms. The van der Waals surface area contributed by atoms with Gasteiger partial charge >= 0.3 is 0 Å². The van der Waals surface area contributed by atoms with Gasteiger partial charge in [0.15, 0.2) is 0 Å². The highest BCUT2D eigenvalue weighted by Crippen LogP contribution is 2.38. The highest BCUT2D eigenvalue weighted by atomic mass is 35.5. The van der Waals surface area contributed by atoms with Crippen molar-refractivity contribution in [1.29, 1.82) is 0 Å². The van der Waals surface area contributed by atoms with Crippen molar-refractivity contribution in [2.45, 2.75) is 64.5 Å². The quantitative estimate of drug-likeness (QED) is 0.773. The summed E-state index contributed by atoms with van der Waals surface area (Å²) in [5.74, 6) is 1.51. The van der Waals surface area contributed by atoms with E-state index in [4.69, 9.17) is 11.6 Å². The van der Waals surface area contributed by atoms with Crippen LogP contribution < -0.4 is 5.32 Å². The molecule has 1 saturated carbocycles. The second-order valence-corrected chi connectivity index (χ2v) is 6.39. The van der Waals surface area contributed by atoms with Crippen LogP contribution in [0.5, 0.6) is 0 Å². The highest BCUT2D eigenvalue weighted by molar-refractivity contribution is 6.30. The zero-order valence-electron chi connectivity index (χ0n) is 12.3. The first kappa shape index (κ1) is 14.9. The molecule has 2 rings (SSSR count). The van der Waals surface area contributed by atoms with Crippen LogP contribution in [0.15, 0.2) is 24.3 Å². The van der Waals surface area contributed by atoms with Crippen LogP contribution in [-0.2, 0) is 0 Å². The van der Waals surface area contributed by atoms with Gasteiger partial charge in [-0.1, -0.05) is 50.4 Å². The van der Waals surface area contributed by atoms with Crippen molar-refractivity contribution in [3.63, 3.8) is 0 Å². The van der Waals surface area contributed by atoms with E-state index in [-0.39, 0.29) is 0 Å². The Balaban J connectivity index is 1.80. The van der Waals surface area contributed by atoms with E-state index >= 15 is 0 Å². The number of benzene rings is 1. The Morgan fingerprint density at radius 2 is 1.95 bits per heavy atom.